The Morgan fingerprint density at radius 3 is 2.87 bits per heavy atom. The maximum Gasteiger partial charge on any atom is 0.307 e. The zero-order chi connectivity index (χ0) is 10.8. The molecule has 2 rings (SSSR count). The van der Waals surface area contributed by atoms with Gasteiger partial charge in [-0.25, -0.2) is 0 Å². The monoisotopic (exact) mass is 203 g/mol. The third kappa shape index (κ3) is 1.74. The van der Waals surface area contributed by atoms with Crippen LogP contribution < -0.4 is 0 Å². The normalized spacial score (nSPS) is 10.4. The molecule has 0 unspecified atom stereocenters. The van der Waals surface area contributed by atoms with Crippen LogP contribution in [-0.2, 0) is 11.2 Å². The number of benzene rings is 1. The van der Waals surface area contributed by atoms with Crippen LogP contribution in [0.5, 0.6) is 5.75 Å². The minimum absolute atomic E-state index is 0.0670. The predicted molar refractivity (Wildman–Crippen MR) is 54.7 cm³/mol. The van der Waals surface area contributed by atoms with E-state index in [1.807, 2.05) is 0 Å². The highest BCUT2D eigenvalue weighted by Crippen LogP contribution is 2.24. The first-order valence-electron chi connectivity index (χ1n) is 4.46. The number of hydrogen-bond donors (Lipinski definition) is 2. The lowest BCUT2D eigenvalue weighted by molar-refractivity contribution is -0.136. The fraction of sp³-hybridized carbons (Fsp3) is 0.0909. The number of para-hydroxylation sites is 1. The van der Waals surface area contributed by atoms with Gasteiger partial charge >= 0.3 is 5.97 Å². The molecule has 0 amide bonds. The fourth-order valence-electron chi connectivity index (χ4n) is 1.53. The van der Waals surface area contributed by atoms with Crippen molar-refractivity contribution in [3.8, 4) is 5.75 Å². The summed E-state index contributed by atoms with van der Waals surface area (Å²) in [7, 11) is 0. The van der Waals surface area contributed by atoms with Crippen molar-refractivity contribution < 1.29 is 15.0 Å². The van der Waals surface area contributed by atoms with Gasteiger partial charge in [-0.05, 0) is 17.7 Å². The van der Waals surface area contributed by atoms with E-state index in [0.29, 0.717) is 16.5 Å². The molecule has 2 aromatic rings. The molecule has 0 saturated heterocycles. The molecule has 2 N–H and O–H groups in total. The van der Waals surface area contributed by atoms with Crippen LogP contribution in [0.1, 0.15) is 5.56 Å². The summed E-state index contributed by atoms with van der Waals surface area (Å²) >= 11 is 0. The molecular weight excluding hydrogens is 194 g/mol. The summed E-state index contributed by atoms with van der Waals surface area (Å²) in [6.45, 7) is 0. The second-order valence-electron chi connectivity index (χ2n) is 3.21. The van der Waals surface area contributed by atoms with E-state index >= 15 is 0 Å². The van der Waals surface area contributed by atoms with Gasteiger partial charge in [-0.1, -0.05) is 12.1 Å². The number of hydrogen-bond acceptors (Lipinski definition) is 3. The lowest BCUT2D eigenvalue weighted by atomic mass is 10.1. The molecule has 15 heavy (non-hydrogen) atoms. The molecule has 1 aromatic heterocycles. The van der Waals surface area contributed by atoms with E-state index in [-0.39, 0.29) is 12.2 Å². The van der Waals surface area contributed by atoms with Crippen molar-refractivity contribution >= 4 is 16.9 Å². The van der Waals surface area contributed by atoms with Crippen molar-refractivity contribution in [1.29, 1.82) is 0 Å². The van der Waals surface area contributed by atoms with Gasteiger partial charge in [-0.3, -0.25) is 9.78 Å². The second-order valence-corrected chi connectivity index (χ2v) is 3.21. The van der Waals surface area contributed by atoms with Crippen molar-refractivity contribution in [2.45, 2.75) is 6.42 Å². The van der Waals surface area contributed by atoms with Gasteiger partial charge in [0, 0.05) is 11.6 Å². The van der Waals surface area contributed by atoms with Crippen molar-refractivity contribution in [3.05, 3.63) is 36.0 Å². The minimum atomic E-state index is -0.897. The van der Waals surface area contributed by atoms with E-state index < -0.39 is 5.97 Å². The zero-order valence-corrected chi connectivity index (χ0v) is 7.84. The summed E-state index contributed by atoms with van der Waals surface area (Å²) in [5, 5.41) is 18.9. The van der Waals surface area contributed by atoms with E-state index in [2.05, 4.69) is 4.98 Å². The third-order valence-corrected chi connectivity index (χ3v) is 2.18. The molecule has 0 saturated carbocycles. The first-order valence-corrected chi connectivity index (χ1v) is 4.46. The topological polar surface area (TPSA) is 70.4 Å². The minimum Gasteiger partial charge on any atom is -0.506 e. The van der Waals surface area contributed by atoms with Gasteiger partial charge in [-0.2, -0.15) is 0 Å². The van der Waals surface area contributed by atoms with Crippen LogP contribution in [0.25, 0.3) is 10.9 Å². The van der Waals surface area contributed by atoms with E-state index in [1.165, 1.54) is 12.3 Å². The highest BCUT2D eigenvalue weighted by Gasteiger charge is 2.07. The van der Waals surface area contributed by atoms with Crippen LogP contribution in [0.4, 0.5) is 0 Å². The molecule has 0 aliphatic rings. The van der Waals surface area contributed by atoms with Gasteiger partial charge in [0.15, 0.2) is 0 Å². The average molecular weight is 203 g/mol. The molecule has 0 atom stereocenters. The number of nitrogens with zero attached hydrogens (tertiary/aromatic N) is 1. The number of carbonyl (C=O) groups is 1. The number of pyridine rings is 1. The van der Waals surface area contributed by atoms with Crippen molar-refractivity contribution in [2.75, 3.05) is 0 Å². The smallest absolute Gasteiger partial charge is 0.307 e. The van der Waals surface area contributed by atoms with E-state index in [9.17, 15) is 9.90 Å². The predicted octanol–water partition coefficient (Wildman–Crippen LogP) is 1.57. The molecule has 0 aliphatic carbocycles. The van der Waals surface area contributed by atoms with Gasteiger partial charge in [-0.15, -0.1) is 0 Å². The van der Waals surface area contributed by atoms with E-state index in [4.69, 9.17) is 5.11 Å². The Kier molecular flexibility index (Phi) is 2.25. The Labute approximate surface area is 85.8 Å². The quantitative estimate of drug-likeness (QED) is 0.777. The number of carboxylic acids is 1. The van der Waals surface area contributed by atoms with Crippen LogP contribution in [0.15, 0.2) is 30.5 Å². The summed E-state index contributed by atoms with van der Waals surface area (Å²) in [5.74, 6) is -0.828. The maximum atomic E-state index is 10.6. The SMILES string of the molecule is O=C(O)Cc1ccnc2c(O)cccc12. The van der Waals surface area contributed by atoms with Gasteiger partial charge in [0.05, 0.1) is 6.42 Å². The van der Waals surface area contributed by atoms with Gasteiger partial charge in [0.1, 0.15) is 11.3 Å². The molecular formula is C11H9NO3. The highest BCUT2D eigenvalue weighted by molar-refractivity contribution is 5.89. The fourth-order valence-corrected chi connectivity index (χ4v) is 1.53. The maximum absolute atomic E-state index is 10.6. The van der Waals surface area contributed by atoms with Gasteiger partial charge in [0.25, 0.3) is 0 Å². The molecule has 1 heterocycles. The number of carboxylic acid groups (broad SMARTS) is 1. The van der Waals surface area contributed by atoms with Gasteiger partial charge < -0.3 is 10.2 Å². The first kappa shape index (κ1) is 9.45. The summed E-state index contributed by atoms with van der Waals surface area (Å²) in [6, 6.07) is 6.60. The Hall–Kier alpha value is -2.10. The standard InChI is InChI=1S/C11H9NO3/c13-9-3-1-2-8-7(6-10(14)15)4-5-12-11(8)9/h1-5,13H,6H2,(H,14,15). The molecule has 76 valence electrons. The molecule has 4 nitrogen and oxygen atoms in total. The van der Waals surface area contributed by atoms with Gasteiger partial charge in [0.2, 0.25) is 0 Å². The number of aromatic nitrogens is 1. The summed E-state index contributed by atoms with van der Waals surface area (Å²) in [4.78, 5) is 14.6. The second kappa shape index (κ2) is 3.57. The van der Waals surface area contributed by atoms with Crippen molar-refractivity contribution in [1.82, 2.24) is 4.98 Å². The number of phenols is 1. The molecule has 4 heteroatoms. The van der Waals surface area contributed by atoms with Crippen molar-refractivity contribution in [2.24, 2.45) is 0 Å². The van der Waals surface area contributed by atoms with E-state index in [1.54, 1.807) is 18.2 Å². The number of fused-ring (bicyclic) bond motifs is 1. The van der Waals surface area contributed by atoms with Crippen LogP contribution in [-0.4, -0.2) is 21.2 Å². The number of aromatic hydroxyl groups is 1. The Balaban J connectivity index is 2.65. The van der Waals surface area contributed by atoms with Crippen LogP contribution in [0.2, 0.25) is 0 Å². The number of aliphatic carboxylic acids is 1. The van der Waals surface area contributed by atoms with Crippen LogP contribution in [0, 0.1) is 0 Å². The first-order chi connectivity index (χ1) is 7.18. The zero-order valence-electron chi connectivity index (χ0n) is 7.84. The number of phenolic OH excluding ortho intramolecular Hbond substituents is 1. The van der Waals surface area contributed by atoms with Crippen molar-refractivity contribution in [3.63, 3.8) is 0 Å². The third-order valence-electron chi connectivity index (χ3n) is 2.18. The van der Waals surface area contributed by atoms with E-state index in [0.717, 1.165) is 0 Å². The molecule has 0 bridgehead atoms. The Bertz CT molecular complexity index is 522. The molecule has 0 aliphatic heterocycles. The lowest BCUT2D eigenvalue weighted by Gasteiger charge is -2.04. The Morgan fingerprint density at radius 2 is 2.13 bits per heavy atom. The molecule has 0 fully saturated rings. The molecule has 0 spiro atoms. The highest BCUT2D eigenvalue weighted by atomic mass is 16.4. The van der Waals surface area contributed by atoms with Crippen LogP contribution in [0.3, 0.4) is 0 Å². The number of rotatable bonds is 2. The Morgan fingerprint density at radius 1 is 1.33 bits per heavy atom. The average Bonchev–Trinajstić information content (AvgIpc) is 2.19. The lowest BCUT2D eigenvalue weighted by Crippen LogP contribution is -2.01. The summed E-state index contributed by atoms with van der Waals surface area (Å²) in [6.07, 6.45) is 1.43. The summed E-state index contributed by atoms with van der Waals surface area (Å²) in [5.41, 5.74) is 1.10. The molecule has 0 radical (unpaired) electrons. The summed E-state index contributed by atoms with van der Waals surface area (Å²) < 4.78 is 0. The largest absolute Gasteiger partial charge is 0.506 e. The molecule has 1 aromatic carbocycles. The van der Waals surface area contributed by atoms with Crippen LogP contribution >= 0.6 is 0 Å².